The van der Waals surface area contributed by atoms with Gasteiger partial charge in [-0.3, -0.25) is 99.5 Å². The Morgan fingerprint density at radius 2 is 0.579 bits per heavy atom. The fourth-order valence-corrected chi connectivity index (χ4v) is 13.1. The van der Waals surface area contributed by atoms with E-state index >= 15 is 0 Å². The Morgan fingerprint density at radius 3 is 0.777 bits per heavy atom. The van der Waals surface area contributed by atoms with Crippen LogP contribution in [0.5, 0.6) is 0 Å². The maximum Gasteiger partial charge on any atom is 1.00 e. The molecule has 0 amide bonds. The second-order valence-corrected chi connectivity index (χ2v) is 25.2. The number of aryl methyl sites for hydroxylation is 5. The fraction of sp³-hybridized carbons (Fsp3) is 0.386. The summed E-state index contributed by atoms with van der Waals surface area (Å²) in [4.78, 5) is 215. The molecule has 10 aromatic rings. The average Bonchev–Trinajstić information content (AvgIpc) is 0.775. The molecule has 5 atom stereocenters. The van der Waals surface area contributed by atoms with E-state index in [0.717, 1.165) is 42.5 Å². The van der Waals surface area contributed by atoms with Gasteiger partial charge in [-0.25, -0.2) is 24.9 Å². The molecule has 0 spiro atoms. The van der Waals surface area contributed by atoms with E-state index in [1.165, 1.54) is 4.57 Å². The summed E-state index contributed by atoms with van der Waals surface area (Å²) in [5.74, 6) is -5.73. The summed E-state index contributed by atoms with van der Waals surface area (Å²) >= 11 is 0. The quantitative estimate of drug-likeness (QED) is 0.0399. The molecule has 5 aromatic heterocycles. The van der Waals surface area contributed by atoms with Crippen molar-refractivity contribution in [3.63, 3.8) is 0 Å². The molecule has 5 fully saturated rings. The molecule has 0 saturated heterocycles. The van der Waals surface area contributed by atoms with Gasteiger partial charge in [0.05, 0.1) is 128 Å². The number of carbonyl (C=O) groups is 11. The molecule has 0 radical (unpaired) electrons. The summed E-state index contributed by atoms with van der Waals surface area (Å²) in [6.07, 6.45) is -0.868. The number of nitrogens with zero attached hydrogens (tertiary/aromatic N) is 10. The predicted molar refractivity (Wildman–Crippen MR) is 464 cm³/mol. The molecule has 5 aliphatic carbocycles. The molecule has 646 valence electrons. The van der Waals surface area contributed by atoms with Gasteiger partial charge in [0.2, 0.25) is 2.86 Å². The van der Waals surface area contributed by atoms with Crippen molar-refractivity contribution in [2.45, 2.75) is 213 Å². The maximum absolute atomic E-state index is 13.0. The number of hydrogen-bond acceptors (Lipinski definition) is 28. The van der Waals surface area contributed by atoms with Crippen molar-refractivity contribution in [1.82, 2.24) is 47.8 Å². The molecular weight excluding hydrogens is 1630 g/mol. The summed E-state index contributed by atoms with van der Waals surface area (Å²) in [6.45, 7) is -9.79. The molecule has 5 aromatic carbocycles. The van der Waals surface area contributed by atoms with E-state index < -0.39 is 126 Å². The first kappa shape index (κ1) is 79.0. The molecule has 5 unspecified atom stereocenters. The first-order valence-electron chi connectivity index (χ1n) is 43.8. The summed E-state index contributed by atoms with van der Waals surface area (Å²) in [6, 6.07) is 1.90. The number of hydrogen-bond donors (Lipinski definition) is 5. The van der Waals surface area contributed by atoms with Crippen molar-refractivity contribution in [2.75, 3.05) is 28.7 Å². The second kappa shape index (κ2) is 49.4. The van der Waals surface area contributed by atoms with Gasteiger partial charge < -0.3 is 45.7 Å². The van der Waals surface area contributed by atoms with Crippen LogP contribution in [0.25, 0.3) is 54.5 Å². The molecular formula is C83H109Cl2N15Na2O19. The number of ketones is 10. The fourth-order valence-electron chi connectivity index (χ4n) is 13.1. The van der Waals surface area contributed by atoms with Crippen LogP contribution in [0.3, 0.4) is 0 Å². The molecule has 0 bridgehead atoms. The number of halogens is 2. The first-order chi connectivity index (χ1) is 61.4. The standard InChI is InChI=1S/5C15H15N3O3.CH2O3.7CH4.2ClH.2Na.H2O.H/c5*1-8-17-11-4-2-3-10(16)14(11)15(21)18(8)12-6-5-9(19)7-13(12)20;2-1-4-3;;;;;;;;;;;;;/h5*2-4,12H,5-7,16H2,1H3;1,3H;7*1H4;2*1H;;;1H2;/q;;;;;;;;;;;;;;;2*+1;;-1/p-1/i4*1D3,3D,4D;;;;;;;;;;;;;;;/hD2. The van der Waals surface area contributed by atoms with E-state index in [2.05, 4.69) is 35.3 Å². The molecule has 0 aliphatic heterocycles. The molecule has 5 aliphatic rings. The number of benzene rings is 5. The average molecular weight is 1760 g/mol. The van der Waals surface area contributed by atoms with Crippen molar-refractivity contribution in [2.24, 2.45) is 0 Å². The number of anilines is 5. The van der Waals surface area contributed by atoms with Crippen molar-refractivity contribution >= 4 is 172 Å². The summed E-state index contributed by atoms with van der Waals surface area (Å²) < 4.78 is 170. The van der Waals surface area contributed by atoms with Gasteiger partial charge in [0.15, 0.2) is 28.9 Å². The number of Topliss-reactive ketones (excluding diaryl/α,β-unsaturated/α-hetero) is 10. The van der Waals surface area contributed by atoms with Crippen LogP contribution in [-0.4, -0.2) is 120 Å². The number of carbonyl (C=O) groups excluding carboxylic acids is 11. The molecule has 121 heavy (non-hydrogen) atoms. The number of fused-ring (bicyclic) bond motifs is 5. The Labute approximate surface area is 787 Å². The molecule has 15 rings (SSSR count). The van der Waals surface area contributed by atoms with Crippen LogP contribution in [0.15, 0.2) is 115 Å². The van der Waals surface area contributed by atoms with Crippen molar-refractivity contribution in [3.05, 3.63) is 172 Å². The maximum atomic E-state index is 13.0. The zero-order chi connectivity index (χ0) is 98.8. The van der Waals surface area contributed by atoms with Gasteiger partial charge in [-0.05, 0) is 127 Å². The van der Waals surface area contributed by atoms with Crippen molar-refractivity contribution in [3.8, 4) is 0 Å². The van der Waals surface area contributed by atoms with E-state index in [-0.39, 0.29) is 382 Å². The van der Waals surface area contributed by atoms with Crippen LogP contribution >= 0.6 is 24.8 Å². The number of nitrogen functional groups attached to an aromatic ring is 5. The van der Waals surface area contributed by atoms with Crippen LogP contribution in [0.4, 0.5) is 28.4 Å². The summed E-state index contributed by atoms with van der Waals surface area (Å²) in [5.41, 5.74) is 26.9. The zero-order valence-electron chi connectivity index (χ0n) is 83.5. The number of aromatic nitrogens is 10. The number of rotatable bonds is 6. The van der Waals surface area contributed by atoms with Crippen molar-refractivity contribution in [1.29, 1.82) is 2.86 Å². The zero-order valence-corrected chi connectivity index (χ0v) is 66.2. The van der Waals surface area contributed by atoms with E-state index in [4.69, 9.17) is 69.0 Å². The van der Waals surface area contributed by atoms with Gasteiger partial charge in [0.1, 0.15) is 58.0 Å². The predicted octanol–water partition coefficient (Wildman–Crippen LogP) is 2.78. The SMILES string of the molecule is C.C.C.C.C.C.C.Cc1nc2cccc(N)c2c(=O)n1C1CCC(=O)CC1=O.Cl.Cl.O=CO[O-].[2H]O[2H].[2H]c1cc([2H])c2nc(C([2H])([2H])[2H])n(C3CCC(=O)CC3=O)c(=O)c2c1N.[2H]c1cc([2H])c2nc(C([2H])([2H])[2H])n(C3CCC(=O)CC3=O)c(=O)c2c1N.[2H]c1cc([2H])c2nc(C([2H])([2H])[2H])n(C3CCC(=O)CC3=O)c(=O)c2c1N.[2H]c1cc([2H])c2nc(C([2H])([2H])[2H])n(C3CCC(=O)CC3=O)c(=O)c2c1N.[H-].[Na+].[Na+]. The van der Waals surface area contributed by atoms with Gasteiger partial charge >= 0.3 is 59.1 Å². The van der Waals surface area contributed by atoms with E-state index in [1.807, 2.05) is 0 Å². The monoisotopic (exact) mass is 1760 g/mol. The second-order valence-electron chi connectivity index (χ2n) is 25.2. The van der Waals surface area contributed by atoms with Crippen LogP contribution < -0.4 is 121 Å². The van der Waals surface area contributed by atoms with E-state index in [9.17, 15) is 71.9 Å². The minimum Gasteiger partial charge on any atom is -1.00 e. The first-order valence-corrected chi connectivity index (χ1v) is 33.0. The third-order valence-corrected chi connectivity index (χ3v) is 18.2. The topological polar surface area (TPSA) is 556 Å². The van der Waals surface area contributed by atoms with Crippen LogP contribution in [-0.2, 0) is 57.6 Å². The Kier molecular flexibility index (Phi) is 32.2. The Hall–Kier alpha value is -10.5. The molecule has 38 heteroatoms. The molecule has 5 heterocycles. The van der Waals surface area contributed by atoms with Crippen LogP contribution in [0.2, 0.25) is 0 Å². The van der Waals surface area contributed by atoms with Gasteiger partial charge in [0, 0.05) is 77.0 Å². The Bertz CT molecular complexity index is 6220. The summed E-state index contributed by atoms with van der Waals surface area (Å²) in [7, 11) is 0. The van der Waals surface area contributed by atoms with E-state index in [1.54, 1.807) is 25.1 Å². The third-order valence-electron chi connectivity index (χ3n) is 18.2. The molecule has 5 saturated carbocycles. The van der Waals surface area contributed by atoms with Gasteiger partial charge in [-0.2, -0.15) is 0 Å². The minimum atomic E-state index is -2.82. The van der Waals surface area contributed by atoms with Gasteiger partial charge in [0.25, 0.3) is 34.3 Å². The largest absolute Gasteiger partial charge is 1.00 e. The van der Waals surface area contributed by atoms with E-state index in [0.29, 0.717) is 35.3 Å². The van der Waals surface area contributed by atoms with Crippen LogP contribution in [0, 0.1) is 34.3 Å². The van der Waals surface area contributed by atoms with Gasteiger partial charge in [-0.1, -0.05) is 82.3 Å². The van der Waals surface area contributed by atoms with Gasteiger partial charge in [-0.15, -0.1) is 24.8 Å². The molecule has 34 nitrogen and oxygen atoms in total. The number of nitrogens with two attached hydrogens (primary N) is 5. The molecule has 12 N–H and O–H groups in total. The normalized spacial score (nSPS) is 19.8. The van der Waals surface area contributed by atoms with Crippen molar-refractivity contribution < 1.29 is 156 Å². The minimum absolute atomic E-state index is 0. The Morgan fingerprint density at radius 1 is 0.380 bits per heavy atom. The van der Waals surface area contributed by atoms with Crippen LogP contribution in [0.1, 0.15) is 236 Å². The summed E-state index contributed by atoms with van der Waals surface area (Å²) in [5, 5.41) is 7.70. The smallest absolute Gasteiger partial charge is 1.00 e. The Balaban J connectivity index is -0.000000820. The third kappa shape index (κ3) is 24.9.